The van der Waals surface area contributed by atoms with E-state index in [4.69, 9.17) is 15.5 Å². The number of nitrogens with zero attached hydrogens (tertiary/aromatic N) is 2. The van der Waals surface area contributed by atoms with Crippen molar-refractivity contribution >= 4 is 6.09 Å². The van der Waals surface area contributed by atoms with Crippen molar-refractivity contribution in [3.63, 3.8) is 0 Å². The summed E-state index contributed by atoms with van der Waals surface area (Å²) in [6.07, 6.45) is -1.74. The lowest BCUT2D eigenvalue weighted by Crippen LogP contribution is -2.31. The van der Waals surface area contributed by atoms with E-state index in [1.807, 2.05) is 0 Å². The Bertz CT molecular complexity index is 486. The van der Waals surface area contributed by atoms with Crippen LogP contribution in [0.15, 0.2) is 18.2 Å². The molecule has 0 saturated heterocycles. The molecule has 1 aromatic carbocycles. The van der Waals surface area contributed by atoms with Crippen LogP contribution in [0.25, 0.3) is 0 Å². The maximum absolute atomic E-state index is 13.2. The number of nitriles is 1. The van der Waals surface area contributed by atoms with Gasteiger partial charge < -0.3 is 10.2 Å². The third-order valence-electron chi connectivity index (χ3n) is 2.33. The zero-order valence-electron chi connectivity index (χ0n) is 9.25. The fourth-order valence-corrected chi connectivity index (χ4v) is 1.56. The number of aliphatic hydroxyl groups excluding tert-OH is 1. The van der Waals surface area contributed by atoms with Crippen molar-refractivity contribution in [2.45, 2.75) is 12.5 Å². The van der Waals surface area contributed by atoms with Gasteiger partial charge in [0.25, 0.3) is 0 Å². The first kappa shape index (κ1) is 13.9. The van der Waals surface area contributed by atoms with Crippen molar-refractivity contribution in [3.05, 3.63) is 35.1 Å². The maximum atomic E-state index is 13.2. The van der Waals surface area contributed by atoms with Crippen LogP contribution in [0.2, 0.25) is 0 Å². The number of carboxylic acid groups (broad SMARTS) is 1. The van der Waals surface area contributed by atoms with Crippen LogP contribution in [-0.2, 0) is 0 Å². The van der Waals surface area contributed by atoms with Crippen LogP contribution in [0.4, 0.5) is 9.18 Å². The third kappa shape index (κ3) is 3.16. The Morgan fingerprint density at radius 3 is 2.67 bits per heavy atom. The van der Waals surface area contributed by atoms with Gasteiger partial charge in [-0.25, -0.2) is 9.18 Å². The number of hydroxylamine groups is 2. The second kappa shape index (κ2) is 5.95. The van der Waals surface area contributed by atoms with Crippen molar-refractivity contribution < 1.29 is 24.6 Å². The van der Waals surface area contributed by atoms with Crippen molar-refractivity contribution in [1.82, 2.24) is 5.06 Å². The number of aliphatic hydroxyl groups is 1. The van der Waals surface area contributed by atoms with Crippen LogP contribution in [0.5, 0.6) is 0 Å². The molecule has 0 spiro atoms. The summed E-state index contributed by atoms with van der Waals surface area (Å²) in [6, 6.07) is 3.85. The number of benzene rings is 1. The highest BCUT2D eigenvalue weighted by atomic mass is 19.1. The number of halogens is 1. The maximum Gasteiger partial charge on any atom is 0.431 e. The summed E-state index contributed by atoms with van der Waals surface area (Å²) in [4.78, 5) is 10.7. The summed E-state index contributed by atoms with van der Waals surface area (Å²) in [7, 11) is 0. The van der Waals surface area contributed by atoms with Crippen LogP contribution in [-0.4, -0.2) is 33.2 Å². The van der Waals surface area contributed by atoms with E-state index in [2.05, 4.69) is 0 Å². The molecule has 7 heteroatoms. The molecule has 96 valence electrons. The molecule has 1 aromatic rings. The van der Waals surface area contributed by atoms with E-state index >= 15 is 0 Å². The lowest BCUT2D eigenvalue weighted by molar-refractivity contribution is -0.102. The Balaban J connectivity index is 3.17. The van der Waals surface area contributed by atoms with E-state index in [1.165, 1.54) is 6.07 Å². The largest absolute Gasteiger partial charge is 0.463 e. The van der Waals surface area contributed by atoms with Crippen LogP contribution in [0.1, 0.15) is 23.6 Å². The fourth-order valence-electron chi connectivity index (χ4n) is 1.56. The molecule has 0 aromatic heterocycles. The minimum atomic E-state index is -1.63. The molecule has 0 aliphatic rings. The molecular formula is C11H11FN2O4. The molecule has 0 fully saturated rings. The van der Waals surface area contributed by atoms with E-state index in [-0.39, 0.29) is 22.6 Å². The van der Waals surface area contributed by atoms with Crippen LogP contribution < -0.4 is 0 Å². The molecule has 0 heterocycles. The first-order chi connectivity index (χ1) is 8.49. The minimum absolute atomic E-state index is 0.00623. The van der Waals surface area contributed by atoms with Gasteiger partial charge in [0.05, 0.1) is 17.7 Å². The molecule has 0 radical (unpaired) electrons. The van der Waals surface area contributed by atoms with E-state index in [1.54, 1.807) is 6.07 Å². The number of hydrogen-bond acceptors (Lipinski definition) is 4. The molecular weight excluding hydrogens is 243 g/mol. The summed E-state index contributed by atoms with van der Waals surface area (Å²) in [6.45, 7) is -0.395. The van der Waals surface area contributed by atoms with E-state index in [0.717, 1.165) is 12.1 Å². The number of amides is 1. The first-order valence-electron chi connectivity index (χ1n) is 5.02. The Hall–Kier alpha value is -2.17. The van der Waals surface area contributed by atoms with E-state index in [0.29, 0.717) is 0 Å². The Kier molecular flexibility index (Phi) is 4.59. The quantitative estimate of drug-likeness (QED) is 0.557. The molecule has 6 nitrogen and oxygen atoms in total. The van der Waals surface area contributed by atoms with Gasteiger partial charge >= 0.3 is 6.09 Å². The summed E-state index contributed by atoms with van der Waals surface area (Å²) in [5.74, 6) is -0.717. The van der Waals surface area contributed by atoms with Crippen molar-refractivity contribution in [3.8, 4) is 6.07 Å². The van der Waals surface area contributed by atoms with Gasteiger partial charge in [0.15, 0.2) is 0 Å². The molecule has 3 N–H and O–H groups in total. The lowest BCUT2D eigenvalue weighted by Gasteiger charge is -2.23. The SMILES string of the molecule is N#Cc1cc(F)cc([C@H](CCO)N(O)C(=O)O)c1. The van der Waals surface area contributed by atoms with Gasteiger partial charge in [-0.15, -0.1) is 0 Å². The third-order valence-corrected chi connectivity index (χ3v) is 2.33. The molecule has 0 aliphatic carbocycles. The highest BCUT2D eigenvalue weighted by molar-refractivity contribution is 5.64. The first-order valence-corrected chi connectivity index (χ1v) is 5.02. The topological polar surface area (TPSA) is 105 Å². The molecule has 1 rings (SSSR count). The monoisotopic (exact) mass is 254 g/mol. The fraction of sp³-hybridized carbons (Fsp3) is 0.273. The number of carbonyl (C=O) groups is 1. The van der Waals surface area contributed by atoms with Gasteiger partial charge in [-0.1, -0.05) is 0 Å². The second-order valence-corrected chi connectivity index (χ2v) is 3.54. The van der Waals surface area contributed by atoms with Gasteiger partial charge in [-0.05, 0) is 30.2 Å². The van der Waals surface area contributed by atoms with Crippen molar-refractivity contribution in [2.75, 3.05) is 6.61 Å². The molecule has 0 bridgehead atoms. The zero-order chi connectivity index (χ0) is 13.7. The van der Waals surface area contributed by atoms with Gasteiger partial charge in [-0.2, -0.15) is 10.3 Å². The Morgan fingerprint density at radius 2 is 2.17 bits per heavy atom. The normalized spacial score (nSPS) is 11.7. The van der Waals surface area contributed by atoms with Crippen molar-refractivity contribution in [2.24, 2.45) is 0 Å². The summed E-state index contributed by atoms with van der Waals surface area (Å²) < 4.78 is 13.2. The van der Waals surface area contributed by atoms with E-state index < -0.39 is 24.6 Å². The summed E-state index contributed by atoms with van der Waals surface area (Å²) >= 11 is 0. The van der Waals surface area contributed by atoms with Gasteiger partial charge in [-0.3, -0.25) is 5.21 Å². The van der Waals surface area contributed by atoms with E-state index in [9.17, 15) is 14.4 Å². The van der Waals surface area contributed by atoms with Gasteiger partial charge in [0.1, 0.15) is 5.82 Å². The minimum Gasteiger partial charge on any atom is -0.463 e. The second-order valence-electron chi connectivity index (χ2n) is 3.54. The lowest BCUT2D eigenvalue weighted by atomic mass is 10.0. The standard InChI is InChI=1S/C11H11FN2O4/c12-9-4-7(6-13)3-8(5-9)10(1-2-15)14(18)11(16)17/h3-5,10,15,18H,1-2H2,(H,16,17)/t10-/m0/s1. The highest BCUT2D eigenvalue weighted by Crippen LogP contribution is 2.24. The highest BCUT2D eigenvalue weighted by Gasteiger charge is 2.24. The summed E-state index contributed by atoms with van der Waals surface area (Å²) in [5, 5.41) is 35.5. The smallest absolute Gasteiger partial charge is 0.431 e. The van der Waals surface area contributed by atoms with Gasteiger partial charge in [0.2, 0.25) is 0 Å². The molecule has 0 unspecified atom stereocenters. The van der Waals surface area contributed by atoms with Gasteiger partial charge in [0, 0.05) is 6.61 Å². The predicted molar refractivity (Wildman–Crippen MR) is 57.2 cm³/mol. The van der Waals surface area contributed by atoms with Crippen LogP contribution in [0.3, 0.4) is 0 Å². The molecule has 18 heavy (non-hydrogen) atoms. The average molecular weight is 254 g/mol. The molecule has 1 atom stereocenters. The molecule has 0 aliphatic heterocycles. The molecule has 0 saturated carbocycles. The van der Waals surface area contributed by atoms with Crippen LogP contribution in [0, 0.1) is 17.1 Å². The predicted octanol–water partition coefficient (Wildman–Crippen LogP) is 1.49. The number of rotatable bonds is 4. The average Bonchev–Trinajstić information content (AvgIpc) is 2.34. The van der Waals surface area contributed by atoms with Crippen LogP contribution >= 0.6 is 0 Å². The number of hydrogen-bond donors (Lipinski definition) is 3. The van der Waals surface area contributed by atoms with Crippen molar-refractivity contribution in [1.29, 1.82) is 5.26 Å². The Labute approximate surface area is 102 Å². The Morgan fingerprint density at radius 1 is 1.50 bits per heavy atom. The summed E-state index contributed by atoms with van der Waals surface area (Å²) in [5.41, 5.74) is 0.109. The zero-order valence-corrected chi connectivity index (χ0v) is 9.25. The molecule has 1 amide bonds.